The predicted octanol–water partition coefficient (Wildman–Crippen LogP) is 4.42. The summed E-state index contributed by atoms with van der Waals surface area (Å²) in [4.78, 5) is 13.0. The van der Waals surface area contributed by atoms with Gasteiger partial charge in [0.15, 0.2) is 0 Å². The first-order chi connectivity index (χ1) is 13.2. The summed E-state index contributed by atoms with van der Waals surface area (Å²) in [6.07, 6.45) is 11.0. The van der Waals surface area contributed by atoms with Crippen LogP contribution in [0, 0.1) is 0 Å². The third kappa shape index (κ3) is 3.65. The first-order valence-corrected chi connectivity index (χ1v) is 9.65. The Morgan fingerprint density at radius 1 is 1.19 bits per heavy atom. The van der Waals surface area contributed by atoms with Crippen LogP contribution in [0.5, 0.6) is 0 Å². The van der Waals surface area contributed by atoms with Gasteiger partial charge in [0, 0.05) is 28.9 Å². The van der Waals surface area contributed by atoms with E-state index >= 15 is 0 Å². The van der Waals surface area contributed by atoms with Gasteiger partial charge in [-0.2, -0.15) is 5.10 Å². The summed E-state index contributed by atoms with van der Waals surface area (Å²) in [5, 5.41) is 8.17. The molecule has 1 N–H and O–H groups in total. The highest BCUT2D eigenvalue weighted by Gasteiger charge is 2.42. The minimum atomic E-state index is -0.434. The van der Waals surface area contributed by atoms with Crippen LogP contribution in [0.25, 0.3) is 11.1 Å². The summed E-state index contributed by atoms with van der Waals surface area (Å²) in [5.41, 5.74) is 2.63. The van der Waals surface area contributed by atoms with Crippen LogP contribution in [0.4, 0.5) is 0 Å². The van der Waals surface area contributed by atoms with Gasteiger partial charge in [0.1, 0.15) is 0 Å². The smallest absolute Gasteiger partial charge is 0.230 e. The Morgan fingerprint density at radius 3 is 2.67 bits per heavy atom. The van der Waals surface area contributed by atoms with Gasteiger partial charge in [-0.05, 0) is 36.6 Å². The Hall–Kier alpha value is -2.53. The van der Waals surface area contributed by atoms with Crippen LogP contribution in [0.1, 0.15) is 31.2 Å². The fourth-order valence-electron chi connectivity index (χ4n) is 3.91. The number of hydrogen-bond donors (Lipinski definition) is 1. The lowest BCUT2D eigenvalue weighted by Gasteiger charge is -2.28. The highest BCUT2D eigenvalue weighted by molar-refractivity contribution is 6.30. The first-order valence-electron chi connectivity index (χ1n) is 9.27. The second-order valence-electron chi connectivity index (χ2n) is 7.06. The number of carbonyl (C=O) groups is 1. The molecule has 0 aliphatic heterocycles. The molecule has 1 amide bonds. The molecule has 27 heavy (non-hydrogen) atoms. The van der Waals surface area contributed by atoms with Gasteiger partial charge in [-0.3, -0.25) is 9.48 Å². The second kappa shape index (κ2) is 7.61. The van der Waals surface area contributed by atoms with Crippen molar-refractivity contribution in [1.82, 2.24) is 15.1 Å². The number of halogens is 1. The van der Waals surface area contributed by atoms with Gasteiger partial charge in [-0.25, -0.2) is 0 Å². The van der Waals surface area contributed by atoms with E-state index in [0.717, 1.165) is 42.4 Å². The van der Waals surface area contributed by atoms with Crippen molar-refractivity contribution >= 4 is 17.5 Å². The number of carbonyl (C=O) groups excluding carboxylic acids is 1. The number of aromatic nitrogens is 2. The van der Waals surface area contributed by atoms with Crippen LogP contribution in [-0.4, -0.2) is 22.2 Å². The molecule has 1 aliphatic rings. The van der Waals surface area contributed by atoms with Gasteiger partial charge in [0.05, 0.1) is 30.7 Å². The molecule has 1 saturated carbocycles. The van der Waals surface area contributed by atoms with Gasteiger partial charge in [-0.15, -0.1) is 0 Å². The van der Waals surface area contributed by atoms with Crippen molar-refractivity contribution in [2.75, 3.05) is 6.54 Å². The average molecular weight is 384 g/mol. The van der Waals surface area contributed by atoms with Crippen molar-refractivity contribution in [3.05, 3.63) is 65.8 Å². The number of hydrogen-bond acceptors (Lipinski definition) is 3. The highest BCUT2D eigenvalue weighted by atomic mass is 35.5. The maximum Gasteiger partial charge on any atom is 0.230 e. The number of rotatable bonds is 6. The standard InChI is InChI=1S/C21H22ClN3O2/c22-19-5-3-18(4-6-19)21(8-1-2-9-21)20(26)23-10-11-25-14-17(13-24-25)16-7-12-27-15-16/h3-7,12-15H,1-2,8-11H2,(H,23,26). The summed E-state index contributed by atoms with van der Waals surface area (Å²) in [5.74, 6) is 0.101. The minimum Gasteiger partial charge on any atom is -0.472 e. The molecule has 2 aromatic heterocycles. The maximum atomic E-state index is 13.0. The van der Waals surface area contributed by atoms with Crippen molar-refractivity contribution in [3.63, 3.8) is 0 Å². The number of furan rings is 1. The van der Waals surface area contributed by atoms with E-state index in [1.165, 1.54) is 0 Å². The van der Waals surface area contributed by atoms with E-state index in [1.807, 2.05) is 41.2 Å². The number of nitrogens with one attached hydrogen (secondary N) is 1. The van der Waals surface area contributed by atoms with E-state index in [4.69, 9.17) is 16.0 Å². The molecule has 0 spiro atoms. The molecule has 0 bridgehead atoms. The molecule has 0 atom stereocenters. The molecule has 2 heterocycles. The van der Waals surface area contributed by atoms with E-state index in [-0.39, 0.29) is 5.91 Å². The van der Waals surface area contributed by atoms with Crippen molar-refractivity contribution in [2.24, 2.45) is 0 Å². The molecule has 1 fully saturated rings. The molecule has 4 rings (SSSR count). The fourth-order valence-corrected chi connectivity index (χ4v) is 4.04. The maximum absolute atomic E-state index is 13.0. The van der Waals surface area contributed by atoms with Gasteiger partial charge < -0.3 is 9.73 Å². The van der Waals surface area contributed by atoms with E-state index < -0.39 is 5.41 Å². The molecular weight excluding hydrogens is 362 g/mol. The predicted molar refractivity (Wildman–Crippen MR) is 105 cm³/mol. The van der Waals surface area contributed by atoms with Crippen molar-refractivity contribution in [1.29, 1.82) is 0 Å². The Bertz CT molecular complexity index is 894. The van der Waals surface area contributed by atoms with Crippen molar-refractivity contribution in [2.45, 2.75) is 37.6 Å². The monoisotopic (exact) mass is 383 g/mol. The van der Waals surface area contributed by atoms with Crippen LogP contribution in [0.2, 0.25) is 5.02 Å². The average Bonchev–Trinajstić information content (AvgIpc) is 3.43. The van der Waals surface area contributed by atoms with Crippen LogP contribution in [0.15, 0.2) is 59.7 Å². The molecule has 3 aromatic rings. The largest absolute Gasteiger partial charge is 0.472 e. The quantitative estimate of drug-likeness (QED) is 0.685. The summed E-state index contributed by atoms with van der Waals surface area (Å²) in [7, 11) is 0. The van der Waals surface area contributed by atoms with E-state index in [9.17, 15) is 4.79 Å². The van der Waals surface area contributed by atoms with E-state index in [2.05, 4.69) is 10.4 Å². The summed E-state index contributed by atoms with van der Waals surface area (Å²) in [6, 6.07) is 9.60. The van der Waals surface area contributed by atoms with Crippen LogP contribution in [0.3, 0.4) is 0 Å². The Labute approximate surface area is 163 Å². The zero-order valence-corrected chi connectivity index (χ0v) is 15.8. The topological polar surface area (TPSA) is 60.1 Å². The molecular formula is C21H22ClN3O2. The van der Waals surface area contributed by atoms with Gasteiger partial charge in [0.25, 0.3) is 0 Å². The van der Waals surface area contributed by atoms with Crippen molar-refractivity contribution in [3.8, 4) is 11.1 Å². The summed E-state index contributed by atoms with van der Waals surface area (Å²) < 4.78 is 6.95. The zero-order valence-electron chi connectivity index (χ0n) is 15.0. The van der Waals surface area contributed by atoms with Crippen LogP contribution >= 0.6 is 11.6 Å². The van der Waals surface area contributed by atoms with Gasteiger partial charge >= 0.3 is 0 Å². The molecule has 6 heteroatoms. The Morgan fingerprint density at radius 2 is 1.96 bits per heavy atom. The molecule has 0 unspecified atom stereocenters. The molecule has 140 valence electrons. The van der Waals surface area contributed by atoms with E-state index in [1.54, 1.807) is 18.7 Å². The Balaban J connectivity index is 1.40. The lowest BCUT2D eigenvalue weighted by molar-refractivity contribution is -0.126. The van der Waals surface area contributed by atoms with Crippen LogP contribution in [-0.2, 0) is 16.8 Å². The lowest BCUT2D eigenvalue weighted by atomic mass is 9.78. The minimum absolute atomic E-state index is 0.101. The second-order valence-corrected chi connectivity index (χ2v) is 7.49. The summed E-state index contributed by atoms with van der Waals surface area (Å²) in [6.45, 7) is 1.17. The molecule has 1 aromatic carbocycles. The third-order valence-electron chi connectivity index (χ3n) is 5.40. The number of amides is 1. The normalized spacial score (nSPS) is 15.7. The zero-order chi connectivity index (χ0) is 18.7. The third-order valence-corrected chi connectivity index (χ3v) is 5.65. The van der Waals surface area contributed by atoms with Crippen LogP contribution < -0.4 is 5.32 Å². The SMILES string of the molecule is O=C(NCCn1cc(-c2ccoc2)cn1)C1(c2ccc(Cl)cc2)CCCC1. The molecule has 5 nitrogen and oxygen atoms in total. The van der Waals surface area contributed by atoms with E-state index in [0.29, 0.717) is 18.1 Å². The molecule has 1 aliphatic carbocycles. The molecule has 0 saturated heterocycles. The highest BCUT2D eigenvalue weighted by Crippen LogP contribution is 2.41. The fraction of sp³-hybridized carbons (Fsp3) is 0.333. The first kappa shape index (κ1) is 17.9. The van der Waals surface area contributed by atoms with Gasteiger partial charge in [0.2, 0.25) is 5.91 Å². The summed E-state index contributed by atoms with van der Waals surface area (Å²) >= 11 is 6.02. The number of benzene rings is 1. The Kier molecular flexibility index (Phi) is 5.03. The number of nitrogens with zero attached hydrogens (tertiary/aromatic N) is 2. The molecule has 0 radical (unpaired) electrons. The van der Waals surface area contributed by atoms with Gasteiger partial charge in [-0.1, -0.05) is 36.6 Å². The lowest BCUT2D eigenvalue weighted by Crippen LogP contribution is -2.43. The van der Waals surface area contributed by atoms with Crippen molar-refractivity contribution < 1.29 is 9.21 Å².